The standard InChI is InChI=1S/C25H27N5OS/c1-16-8-21(6-7-26-16)30-24-13-27-20(9-18(24)12-28-30)11-22(31)10-19-14-29(3)15-23(19)25-5-4-17(2)32-25/h4-9,12-13,19,23H,10-11,14-15H2,1-3H3/t19-,23-/m0/s1. The Kier molecular flexibility index (Phi) is 5.61. The second-order valence-electron chi connectivity index (χ2n) is 8.90. The summed E-state index contributed by atoms with van der Waals surface area (Å²) < 4.78 is 1.87. The number of thiophene rings is 1. The van der Waals surface area contributed by atoms with Gasteiger partial charge in [0.2, 0.25) is 0 Å². The number of aromatic nitrogens is 4. The third kappa shape index (κ3) is 4.23. The van der Waals surface area contributed by atoms with Gasteiger partial charge in [0, 0.05) is 64.6 Å². The van der Waals surface area contributed by atoms with Crippen LogP contribution in [0.3, 0.4) is 0 Å². The van der Waals surface area contributed by atoms with Gasteiger partial charge in [-0.15, -0.1) is 11.3 Å². The molecule has 1 saturated heterocycles. The molecule has 32 heavy (non-hydrogen) atoms. The largest absolute Gasteiger partial charge is 0.305 e. The summed E-state index contributed by atoms with van der Waals surface area (Å²) in [6, 6.07) is 10.3. The van der Waals surface area contributed by atoms with Gasteiger partial charge in [-0.25, -0.2) is 4.68 Å². The van der Waals surface area contributed by atoms with Gasteiger partial charge < -0.3 is 4.90 Å². The summed E-state index contributed by atoms with van der Waals surface area (Å²) >= 11 is 1.86. The summed E-state index contributed by atoms with van der Waals surface area (Å²) in [4.78, 5) is 26.9. The Balaban J connectivity index is 1.30. The van der Waals surface area contributed by atoms with Crippen LogP contribution in [0.25, 0.3) is 16.6 Å². The summed E-state index contributed by atoms with van der Waals surface area (Å²) in [6.07, 6.45) is 6.40. The number of aryl methyl sites for hydroxylation is 2. The Bertz CT molecular complexity index is 1280. The lowest BCUT2D eigenvalue weighted by atomic mass is 9.89. The van der Waals surface area contributed by atoms with Crippen LogP contribution in [-0.2, 0) is 11.2 Å². The Labute approximate surface area is 191 Å². The zero-order valence-electron chi connectivity index (χ0n) is 18.7. The number of Topliss-reactive ketones (excluding diaryl/α,β-unsaturated/α-hetero) is 1. The van der Waals surface area contributed by atoms with Crippen molar-refractivity contribution in [2.75, 3.05) is 20.1 Å². The van der Waals surface area contributed by atoms with E-state index in [2.05, 4.69) is 46.1 Å². The molecule has 164 valence electrons. The van der Waals surface area contributed by atoms with Crippen molar-refractivity contribution in [1.29, 1.82) is 0 Å². The highest BCUT2D eigenvalue weighted by molar-refractivity contribution is 7.12. The average molecular weight is 446 g/mol. The summed E-state index contributed by atoms with van der Waals surface area (Å²) in [7, 11) is 2.15. The molecule has 1 fully saturated rings. The van der Waals surface area contributed by atoms with E-state index in [0.29, 0.717) is 24.7 Å². The van der Waals surface area contributed by atoms with Crippen LogP contribution in [0.4, 0.5) is 0 Å². The van der Waals surface area contributed by atoms with E-state index in [0.717, 1.165) is 41.1 Å². The Morgan fingerprint density at radius 2 is 2.00 bits per heavy atom. The first-order valence-electron chi connectivity index (χ1n) is 11.0. The fourth-order valence-electron chi connectivity index (χ4n) is 4.77. The molecular formula is C25H27N5OS. The summed E-state index contributed by atoms with van der Waals surface area (Å²) in [6.45, 7) is 6.10. The Hall–Kier alpha value is -2.90. The van der Waals surface area contributed by atoms with Gasteiger partial charge in [-0.05, 0) is 57.1 Å². The molecule has 1 aliphatic heterocycles. The van der Waals surface area contributed by atoms with E-state index >= 15 is 0 Å². The van der Waals surface area contributed by atoms with E-state index in [1.165, 1.54) is 9.75 Å². The summed E-state index contributed by atoms with van der Waals surface area (Å²) in [5.74, 6) is 1.07. The second-order valence-corrected chi connectivity index (χ2v) is 10.2. The lowest BCUT2D eigenvalue weighted by Crippen LogP contribution is -2.17. The normalized spacial score (nSPS) is 19.1. The van der Waals surface area contributed by atoms with Gasteiger partial charge in [-0.3, -0.25) is 14.8 Å². The van der Waals surface area contributed by atoms with Crippen LogP contribution in [-0.4, -0.2) is 50.6 Å². The lowest BCUT2D eigenvalue weighted by Gasteiger charge is -2.16. The number of fused-ring (bicyclic) bond motifs is 1. The van der Waals surface area contributed by atoms with Crippen LogP contribution in [0.2, 0.25) is 0 Å². The van der Waals surface area contributed by atoms with E-state index in [4.69, 9.17) is 0 Å². The molecule has 0 aliphatic carbocycles. The molecule has 0 amide bonds. The first kappa shape index (κ1) is 21.0. The maximum absolute atomic E-state index is 13.0. The highest BCUT2D eigenvalue weighted by Crippen LogP contribution is 2.37. The number of hydrogen-bond acceptors (Lipinski definition) is 6. The summed E-state index contributed by atoms with van der Waals surface area (Å²) in [5.41, 5.74) is 3.63. The zero-order chi connectivity index (χ0) is 22.2. The number of likely N-dealkylation sites (N-methyl/N-ethyl adjacent to an activating group) is 1. The van der Waals surface area contributed by atoms with Crippen LogP contribution >= 0.6 is 11.3 Å². The molecule has 5 rings (SSSR count). The zero-order valence-corrected chi connectivity index (χ0v) is 19.5. The van der Waals surface area contributed by atoms with Crippen molar-refractivity contribution in [1.82, 2.24) is 24.6 Å². The van der Waals surface area contributed by atoms with Gasteiger partial charge in [-0.2, -0.15) is 5.10 Å². The topological polar surface area (TPSA) is 63.9 Å². The Morgan fingerprint density at radius 3 is 2.78 bits per heavy atom. The number of carbonyl (C=O) groups excluding carboxylic acids is 1. The van der Waals surface area contributed by atoms with Crippen LogP contribution in [0.1, 0.15) is 33.5 Å². The van der Waals surface area contributed by atoms with E-state index in [1.54, 1.807) is 6.20 Å². The number of ketones is 1. The number of rotatable bonds is 6. The molecule has 0 spiro atoms. The van der Waals surface area contributed by atoms with Crippen LogP contribution in [0.5, 0.6) is 0 Å². The molecule has 0 radical (unpaired) electrons. The molecule has 0 saturated carbocycles. The smallest absolute Gasteiger partial charge is 0.139 e. The van der Waals surface area contributed by atoms with Gasteiger partial charge >= 0.3 is 0 Å². The van der Waals surface area contributed by atoms with Crippen molar-refractivity contribution in [3.05, 3.63) is 70.1 Å². The first-order chi connectivity index (χ1) is 15.5. The van der Waals surface area contributed by atoms with E-state index in [-0.39, 0.29) is 5.78 Å². The van der Waals surface area contributed by atoms with Crippen LogP contribution < -0.4 is 0 Å². The van der Waals surface area contributed by atoms with Gasteiger partial charge in [0.05, 0.1) is 23.6 Å². The number of carbonyl (C=O) groups is 1. The minimum atomic E-state index is 0.257. The third-order valence-corrected chi connectivity index (χ3v) is 7.39. The molecule has 0 N–H and O–H groups in total. The predicted molar refractivity (Wildman–Crippen MR) is 128 cm³/mol. The quantitative estimate of drug-likeness (QED) is 0.442. The molecule has 1 aliphatic rings. The third-order valence-electron chi connectivity index (χ3n) is 6.25. The maximum Gasteiger partial charge on any atom is 0.139 e. The number of hydrogen-bond donors (Lipinski definition) is 0. The molecule has 6 nitrogen and oxygen atoms in total. The highest BCUT2D eigenvalue weighted by Gasteiger charge is 2.34. The molecule has 0 bridgehead atoms. The van der Waals surface area contributed by atoms with Crippen molar-refractivity contribution in [2.45, 2.75) is 32.6 Å². The first-order valence-corrected chi connectivity index (χ1v) is 11.8. The average Bonchev–Trinajstić information content (AvgIpc) is 3.46. The molecule has 7 heteroatoms. The fraction of sp³-hybridized carbons (Fsp3) is 0.360. The van der Waals surface area contributed by atoms with Crippen molar-refractivity contribution in [3.63, 3.8) is 0 Å². The maximum atomic E-state index is 13.0. The molecule has 0 aromatic carbocycles. The number of nitrogens with zero attached hydrogens (tertiary/aromatic N) is 5. The van der Waals surface area contributed by atoms with Crippen molar-refractivity contribution >= 4 is 28.0 Å². The molecule has 0 unspecified atom stereocenters. The van der Waals surface area contributed by atoms with Crippen LogP contribution in [0.15, 0.2) is 48.9 Å². The number of pyridine rings is 2. The van der Waals surface area contributed by atoms with Crippen molar-refractivity contribution in [3.8, 4) is 5.69 Å². The van der Waals surface area contributed by atoms with E-state index < -0.39 is 0 Å². The van der Waals surface area contributed by atoms with E-state index in [1.807, 2.05) is 53.5 Å². The van der Waals surface area contributed by atoms with E-state index in [9.17, 15) is 4.79 Å². The molecule has 5 heterocycles. The van der Waals surface area contributed by atoms with Gasteiger partial charge in [0.15, 0.2) is 0 Å². The van der Waals surface area contributed by atoms with Gasteiger partial charge in [0.25, 0.3) is 0 Å². The predicted octanol–water partition coefficient (Wildman–Crippen LogP) is 4.34. The van der Waals surface area contributed by atoms with Crippen molar-refractivity contribution in [2.24, 2.45) is 5.92 Å². The second kappa shape index (κ2) is 8.56. The lowest BCUT2D eigenvalue weighted by molar-refractivity contribution is -0.119. The Morgan fingerprint density at radius 1 is 1.12 bits per heavy atom. The SMILES string of the molecule is Cc1cc(-n2ncc3cc(CC(=O)C[C@H]4CN(C)C[C@@H]4c4ccc(C)s4)ncc32)ccn1. The molecule has 4 aromatic heterocycles. The summed E-state index contributed by atoms with van der Waals surface area (Å²) in [5, 5.41) is 5.51. The molecule has 4 aromatic rings. The molecule has 2 atom stereocenters. The van der Waals surface area contributed by atoms with Crippen molar-refractivity contribution < 1.29 is 4.79 Å². The van der Waals surface area contributed by atoms with Crippen LogP contribution in [0, 0.1) is 19.8 Å². The minimum absolute atomic E-state index is 0.257. The highest BCUT2D eigenvalue weighted by atomic mass is 32.1. The van der Waals surface area contributed by atoms with Gasteiger partial charge in [0.1, 0.15) is 5.78 Å². The minimum Gasteiger partial charge on any atom is -0.305 e. The number of likely N-dealkylation sites (tertiary alicyclic amines) is 1. The fourth-order valence-corrected chi connectivity index (χ4v) is 5.83. The molecular weight excluding hydrogens is 418 g/mol. The van der Waals surface area contributed by atoms with Gasteiger partial charge in [-0.1, -0.05) is 0 Å². The monoisotopic (exact) mass is 445 g/mol.